The zero-order valence-corrected chi connectivity index (χ0v) is 14.6. The number of amides is 2. The van der Waals surface area contributed by atoms with Gasteiger partial charge in [0.05, 0.1) is 4.88 Å². The number of rotatable bonds is 7. The van der Waals surface area contributed by atoms with E-state index < -0.39 is 0 Å². The SMILES string of the molecule is CN(C)C(=O)c1ccc(CNC(=O)CCC(=O)c2cccs2)cc1. The number of ketones is 1. The first-order valence-corrected chi connectivity index (χ1v) is 8.49. The van der Waals surface area contributed by atoms with E-state index in [1.54, 1.807) is 32.3 Å². The molecule has 1 N–H and O–H groups in total. The van der Waals surface area contributed by atoms with Crippen molar-refractivity contribution in [1.29, 1.82) is 0 Å². The smallest absolute Gasteiger partial charge is 0.253 e. The fraction of sp³-hybridized carbons (Fsp3) is 0.278. The van der Waals surface area contributed by atoms with Gasteiger partial charge in [-0.15, -0.1) is 11.3 Å². The Morgan fingerprint density at radius 3 is 2.33 bits per heavy atom. The van der Waals surface area contributed by atoms with Crippen LogP contribution in [0.5, 0.6) is 0 Å². The lowest BCUT2D eigenvalue weighted by Gasteiger charge is -2.10. The molecule has 0 unspecified atom stereocenters. The van der Waals surface area contributed by atoms with Crippen molar-refractivity contribution in [2.24, 2.45) is 0 Å². The van der Waals surface area contributed by atoms with Crippen LogP contribution in [-0.4, -0.2) is 36.6 Å². The third-order valence-corrected chi connectivity index (χ3v) is 4.38. The van der Waals surface area contributed by atoms with E-state index in [9.17, 15) is 14.4 Å². The molecule has 126 valence electrons. The van der Waals surface area contributed by atoms with E-state index in [-0.39, 0.29) is 30.4 Å². The van der Waals surface area contributed by atoms with E-state index in [0.29, 0.717) is 17.0 Å². The van der Waals surface area contributed by atoms with Crippen LogP contribution in [0, 0.1) is 0 Å². The summed E-state index contributed by atoms with van der Waals surface area (Å²) in [6.07, 6.45) is 0.385. The first kappa shape index (κ1) is 17.9. The van der Waals surface area contributed by atoms with Gasteiger partial charge in [0.1, 0.15) is 0 Å². The Balaban J connectivity index is 1.77. The third kappa shape index (κ3) is 5.03. The van der Waals surface area contributed by atoms with Gasteiger partial charge in [0.25, 0.3) is 5.91 Å². The first-order chi connectivity index (χ1) is 11.5. The molecule has 0 fully saturated rings. The molecule has 0 spiro atoms. The summed E-state index contributed by atoms with van der Waals surface area (Å²) in [6, 6.07) is 10.7. The number of carbonyl (C=O) groups is 3. The summed E-state index contributed by atoms with van der Waals surface area (Å²) in [5.41, 5.74) is 1.51. The van der Waals surface area contributed by atoms with Gasteiger partial charge in [-0.1, -0.05) is 18.2 Å². The van der Waals surface area contributed by atoms with E-state index in [0.717, 1.165) is 5.56 Å². The van der Waals surface area contributed by atoms with Crippen molar-refractivity contribution in [3.63, 3.8) is 0 Å². The molecule has 0 saturated heterocycles. The number of thiophene rings is 1. The summed E-state index contributed by atoms with van der Waals surface area (Å²) in [4.78, 5) is 37.7. The van der Waals surface area contributed by atoms with Crippen LogP contribution in [0.25, 0.3) is 0 Å². The van der Waals surface area contributed by atoms with Crippen LogP contribution < -0.4 is 5.32 Å². The van der Waals surface area contributed by atoms with E-state index in [1.807, 2.05) is 23.6 Å². The Morgan fingerprint density at radius 1 is 1.04 bits per heavy atom. The zero-order valence-electron chi connectivity index (χ0n) is 13.7. The average molecular weight is 344 g/mol. The molecular formula is C18H20N2O3S. The Kier molecular flexibility index (Phi) is 6.26. The molecule has 1 aromatic carbocycles. The lowest BCUT2D eigenvalue weighted by molar-refractivity contribution is -0.121. The van der Waals surface area contributed by atoms with Crippen molar-refractivity contribution in [2.75, 3.05) is 14.1 Å². The van der Waals surface area contributed by atoms with Crippen molar-refractivity contribution in [3.05, 3.63) is 57.8 Å². The minimum atomic E-state index is -0.159. The van der Waals surface area contributed by atoms with Gasteiger partial charge in [0, 0.05) is 39.0 Å². The molecule has 24 heavy (non-hydrogen) atoms. The number of nitrogens with one attached hydrogen (secondary N) is 1. The van der Waals surface area contributed by atoms with Gasteiger partial charge in [0.15, 0.2) is 5.78 Å². The van der Waals surface area contributed by atoms with Crippen LogP contribution in [0.3, 0.4) is 0 Å². The molecule has 1 aromatic heterocycles. The van der Waals surface area contributed by atoms with Gasteiger partial charge in [-0.25, -0.2) is 0 Å². The molecule has 6 heteroatoms. The average Bonchev–Trinajstić information content (AvgIpc) is 3.12. The van der Waals surface area contributed by atoms with Crippen molar-refractivity contribution in [3.8, 4) is 0 Å². The molecular weight excluding hydrogens is 324 g/mol. The summed E-state index contributed by atoms with van der Waals surface area (Å²) < 4.78 is 0. The Morgan fingerprint density at radius 2 is 1.75 bits per heavy atom. The second kappa shape index (κ2) is 8.40. The molecule has 5 nitrogen and oxygen atoms in total. The zero-order chi connectivity index (χ0) is 17.5. The minimum absolute atomic E-state index is 0.00768. The van der Waals surface area contributed by atoms with Gasteiger partial charge < -0.3 is 10.2 Å². The number of hydrogen-bond donors (Lipinski definition) is 1. The van der Waals surface area contributed by atoms with Crippen LogP contribution in [0.4, 0.5) is 0 Å². The number of Topliss-reactive ketones (excluding diaryl/α,β-unsaturated/α-hetero) is 1. The van der Waals surface area contributed by atoms with E-state index >= 15 is 0 Å². The monoisotopic (exact) mass is 344 g/mol. The largest absolute Gasteiger partial charge is 0.352 e. The van der Waals surface area contributed by atoms with E-state index in [1.165, 1.54) is 16.2 Å². The quantitative estimate of drug-likeness (QED) is 0.786. The molecule has 0 bridgehead atoms. The second-order valence-corrected chi connectivity index (χ2v) is 6.52. The highest BCUT2D eigenvalue weighted by Gasteiger charge is 2.10. The Labute approximate surface area is 145 Å². The van der Waals surface area contributed by atoms with Gasteiger partial charge in [0.2, 0.25) is 5.91 Å². The van der Waals surface area contributed by atoms with Gasteiger partial charge in [-0.3, -0.25) is 14.4 Å². The molecule has 2 aromatic rings. The van der Waals surface area contributed by atoms with Crippen molar-refractivity contribution < 1.29 is 14.4 Å². The van der Waals surface area contributed by atoms with Crippen LogP contribution in [0.15, 0.2) is 41.8 Å². The summed E-state index contributed by atoms with van der Waals surface area (Å²) in [7, 11) is 3.40. The van der Waals surface area contributed by atoms with Crippen LogP contribution in [-0.2, 0) is 11.3 Å². The van der Waals surface area contributed by atoms with Crippen molar-refractivity contribution in [2.45, 2.75) is 19.4 Å². The lowest BCUT2D eigenvalue weighted by atomic mass is 10.1. The molecule has 1 heterocycles. The van der Waals surface area contributed by atoms with Crippen LogP contribution >= 0.6 is 11.3 Å². The lowest BCUT2D eigenvalue weighted by Crippen LogP contribution is -2.23. The third-order valence-electron chi connectivity index (χ3n) is 3.47. The predicted molar refractivity (Wildman–Crippen MR) is 94.2 cm³/mol. The molecule has 0 aliphatic carbocycles. The van der Waals surface area contributed by atoms with Gasteiger partial charge in [-0.05, 0) is 29.1 Å². The number of hydrogen-bond acceptors (Lipinski definition) is 4. The molecule has 0 aliphatic rings. The van der Waals surface area contributed by atoms with Crippen LogP contribution in [0.2, 0.25) is 0 Å². The minimum Gasteiger partial charge on any atom is -0.352 e. The molecule has 0 aliphatic heterocycles. The molecule has 0 atom stereocenters. The number of nitrogens with zero attached hydrogens (tertiary/aromatic N) is 1. The summed E-state index contributed by atoms with van der Waals surface area (Å²) in [6.45, 7) is 0.377. The van der Waals surface area contributed by atoms with Crippen LogP contribution in [0.1, 0.15) is 38.4 Å². The number of carbonyl (C=O) groups excluding carboxylic acids is 3. The summed E-state index contributed by atoms with van der Waals surface area (Å²) in [5, 5.41) is 4.63. The van der Waals surface area contributed by atoms with Crippen molar-refractivity contribution in [1.82, 2.24) is 10.2 Å². The summed E-state index contributed by atoms with van der Waals surface area (Å²) >= 11 is 1.39. The second-order valence-electron chi connectivity index (χ2n) is 5.57. The molecule has 2 amide bonds. The highest BCUT2D eigenvalue weighted by molar-refractivity contribution is 7.12. The van der Waals surface area contributed by atoms with E-state index in [4.69, 9.17) is 0 Å². The number of benzene rings is 1. The maximum Gasteiger partial charge on any atom is 0.253 e. The predicted octanol–water partition coefficient (Wildman–Crippen LogP) is 2.73. The van der Waals surface area contributed by atoms with E-state index in [2.05, 4.69) is 5.32 Å². The Hall–Kier alpha value is -2.47. The molecule has 0 radical (unpaired) electrons. The maximum absolute atomic E-state index is 11.8. The first-order valence-electron chi connectivity index (χ1n) is 7.61. The maximum atomic E-state index is 11.8. The van der Waals surface area contributed by atoms with Gasteiger partial charge >= 0.3 is 0 Å². The normalized spacial score (nSPS) is 10.2. The molecule has 0 saturated carbocycles. The highest BCUT2D eigenvalue weighted by Crippen LogP contribution is 2.12. The topological polar surface area (TPSA) is 66.5 Å². The molecule has 2 rings (SSSR count). The summed E-state index contributed by atoms with van der Waals surface area (Å²) in [5.74, 6) is -0.224. The van der Waals surface area contributed by atoms with Crippen molar-refractivity contribution >= 4 is 28.9 Å². The standard InChI is InChI=1S/C18H20N2O3S/c1-20(2)18(23)14-7-5-13(6-8-14)12-19-17(22)10-9-15(21)16-4-3-11-24-16/h3-8,11H,9-10,12H2,1-2H3,(H,19,22). The fourth-order valence-corrected chi connectivity index (χ4v) is 2.79. The highest BCUT2D eigenvalue weighted by atomic mass is 32.1. The fourth-order valence-electron chi connectivity index (χ4n) is 2.10. The Bertz CT molecular complexity index is 706. The van der Waals surface area contributed by atoms with Gasteiger partial charge in [-0.2, -0.15) is 0 Å².